The van der Waals surface area contributed by atoms with Crippen LogP contribution in [0.4, 0.5) is 10.6 Å². The molecule has 1 aromatic heterocycles. The normalized spacial score (nSPS) is 12.0. The predicted molar refractivity (Wildman–Crippen MR) is 87.7 cm³/mol. The Kier molecular flexibility index (Phi) is 5.59. The summed E-state index contributed by atoms with van der Waals surface area (Å²) >= 11 is 0. The average Bonchev–Trinajstić information content (AvgIpc) is 2.92. The molecule has 0 bridgehead atoms. The molecule has 1 aromatic carbocycles. The zero-order chi connectivity index (χ0) is 16.8. The molecular weight excluding hydrogens is 296 g/mol. The van der Waals surface area contributed by atoms with Gasteiger partial charge in [-0.2, -0.15) is 0 Å². The first-order chi connectivity index (χ1) is 11.0. The fraction of sp³-hybridized carbons (Fsp3) is 0.375. The summed E-state index contributed by atoms with van der Waals surface area (Å²) in [5.41, 5.74) is 1.09. The van der Waals surface area contributed by atoms with Crippen LogP contribution in [0.15, 0.2) is 34.9 Å². The van der Waals surface area contributed by atoms with Gasteiger partial charge in [0, 0.05) is 12.6 Å². The Morgan fingerprint density at radius 1 is 1.35 bits per heavy atom. The minimum atomic E-state index is -0.321. The van der Waals surface area contributed by atoms with E-state index >= 15 is 0 Å². The second-order valence-corrected chi connectivity index (χ2v) is 5.41. The maximum Gasteiger partial charge on any atom is 0.320 e. The molecule has 0 aliphatic rings. The first kappa shape index (κ1) is 16.8. The molecule has 7 nitrogen and oxygen atoms in total. The number of benzene rings is 1. The number of urea groups is 1. The number of aromatic nitrogens is 1. The van der Waals surface area contributed by atoms with Gasteiger partial charge in [-0.05, 0) is 38.7 Å². The Hall–Kier alpha value is -2.54. The van der Waals surface area contributed by atoms with E-state index < -0.39 is 0 Å². The van der Waals surface area contributed by atoms with Crippen LogP contribution in [0, 0.1) is 6.92 Å². The second-order valence-electron chi connectivity index (χ2n) is 5.41. The summed E-state index contributed by atoms with van der Waals surface area (Å²) in [6, 6.07) is 9.18. The molecule has 124 valence electrons. The number of methoxy groups -OCH3 is 1. The maximum absolute atomic E-state index is 11.9. The van der Waals surface area contributed by atoms with Gasteiger partial charge in [0.2, 0.25) is 0 Å². The summed E-state index contributed by atoms with van der Waals surface area (Å²) in [5.74, 6) is 1.84. The van der Waals surface area contributed by atoms with Gasteiger partial charge in [-0.15, -0.1) is 0 Å². The van der Waals surface area contributed by atoms with Crippen molar-refractivity contribution in [3.8, 4) is 5.75 Å². The summed E-state index contributed by atoms with van der Waals surface area (Å²) in [7, 11) is 5.57. The number of amides is 2. The van der Waals surface area contributed by atoms with Gasteiger partial charge < -0.3 is 19.5 Å². The van der Waals surface area contributed by atoms with E-state index in [1.54, 1.807) is 20.1 Å². The van der Waals surface area contributed by atoms with Gasteiger partial charge in [0.15, 0.2) is 5.82 Å². The standard InChI is InChI=1S/C16H22N4O3/c1-11-9-15(19-23-11)18-16(21)17-10-14(20(2)3)12-5-7-13(22-4)8-6-12/h5-9,14H,10H2,1-4H3,(H2,17,18,19,21)/t14-/m1/s1. The number of rotatable bonds is 6. The number of carbonyl (C=O) groups excluding carboxylic acids is 1. The van der Waals surface area contributed by atoms with Crippen molar-refractivity contribution < 1.29 is 14.1 Å². The van der Waals surface area contributed by atoms with Crippen LogP contribution in [-0.2, 0) is 0 Å². The lowest BCUT2D eigenvalue weighted by Crippen LogP contribution is -2.36. The molecule has 0 unspecified atom stereocenters. The number of ether oxygens (including phenoxy) is 1. The fourth-order valence-electron chi connectivity index (χ4n) is 2.20. The van der Waals surface area contributed by atoms with Crippen molar-refractivity contribution in [2.75, 3.05) is 33.1 Å². The van der Waals surface area contributed by atoms with E-state index in [9.17, 15) is 4.79 Å². The molecule has 2 rings (SSSR count). The number of likely N-dealkylation sites (N-methyl/N-ethyl adjacent to an activating group) is 1. The highest BCUT2D eigenvalue weighted by atomic mass is 16.5. The van der Waals surface area contributed by atoms with Gasteiger partial charge in [-0.1, -0.05) is 17.3 Å². The first-order valence-corrected chi connectivity index (χ1v) is 7.28. The van der Waals surface area contributed by atoms with E-state index in [4.69, 9.17) is 9.26 Å². The van der Waals surface area contributed by atoms with Crippen molar-refractivity contribution in [1.29, 1.82) is 0 Å². The van der Waals surface area contributed by atoms with E-state index in [-0.39, 0.29) is 12.1 Å². The molecule has 0 radical (unpaired) electrons. The van der Waals surface area contributed by atoms with Gasteiger partial charge in [0.25, 0.3) is 0 Å². The van der Waals surface area contributed by atoms with Crippen LogP contribution < -0.4 is 15.4 Å². The molecule has 2 aromatic rings. The Bertz CT molecular complexity index is 637. The topological polar surface area (TPSA) is 79.6 Å². The zero-order valence-electron chi connectivity index (χ0n) is 13.8. The van der Waals surface area contributed by atoms with Crippen molar-refractivity contribution in [2.45, 2.75) is 13.0 Å². The largest absolute Gasteiger partial charge is 0.497 e. The Morgan fingerprint density at radius 3 is 2.57 bits per heavy atom. The van der Waals surface area contributed by atoms with Crippen LogP contribution in [0.2, 0.25) is 0 Å². The van der Waals surface area contributed by atoms with E-state index in [1.165, 1.54) is 0 Å². The Morgan fingerprint density at radius 2 is 2.04 bits per heavy atom. The van der Waals surface area contributed by atoms with Crippen LogP contribution in [0.1, 0.15) is 17.4 Å². The molecule has 7 heteroatoms. The van der Waals surface area contributed by atoms with E-state index in [1.807, 2.05) is 43.3 Å². The number of carbonyl (C=O) groups is 1. The highest BCUT2D eigenvalue weighted by molar-refractivity contribution is 5.88. The van der Waals surface area contributed by atoms with Crippen molar-refractivity contribution in [1.82, 2.24) is 15.4 Å². The third-order valence-electron chi connectivity index (χ3n) is 3.45. The van der Waals surface area contributed by atoms with Crippen LogP contribution in [0.25, 0.3) is 0 Å². The number of hydrogen-bond acceptors (Lipinski definition) is 5. The third-order valence-corrected chi connectivity index (χ3v) is 3.45. The monoisotopic (exact) mass is 318 g/mol. The smallest absolute Gasteiger partial charge is 0.320 e. The molecule has 2 N–H and O–H groups in total. The summed E-state index contributed by atoms with van der Waals surface area (Å²) in [5, 5.41) is 9.20. The summed E-state index contributed by atoms with van der Waals surface area (Å²) in [6.45, 7) is 2.23. The van der Waals surface area contributed by atoms with Crippen molar-refractivity contribution in [3.63, 3.8) is 0 Å². The fourth-order valence-corrected chi connectivity index (χ4v) is 2.20. The average molecular weight is 318 g/mol. The molecule has 0 fully saturated rings. The summed E-state index contributed by atoms with van der Waals surface area (Å²) in [4.78, 5) is 14.0. The molecule has 0 spiro atoms. The number of hydrogen-bond donors (Lipinski definition) is 2. The third kappa shape index (κ3) is 4.72. The molecule has 2 amide bonds. The molecular formula is C16H22N4O3. The SMILES string of the molecule is COc1ccc([C@@H](CNC(=O)Nc2cc(C)on2)N(C)C)cc1. The second kappa shape index (κ2) is 7.64. The van der Waals surface area contributed by atoms with Crippen LogP contribution in [0.3, 0.4) is 0 Å². The Labute approximate surface area is 135 Å². The van der Waals surface area contributed by atoms with Crippen molar-refractivity contribution in [2.24, 2.45) is 0 Å². The van der Waals surface area contributed by atoms with Gasteiger partial charge in [-0.25, -0.2) is 4.79 Å². The molecule has 1 heterocycles. The van der Waals surface area contributed by atoms with Gasteiger partial charge >= 0.3 is 6.03 Å². The molecule has 0 saturated carbocycles. The van der Waals surface area contributed by atoms with Crippen molar-refractivity contribution >= 4 is 11.8 Å². The van der Waals surface area contributed by atoms with E-state index in [0.29, 0.717) is 18.1 Å². The van der Waals surface area contributed by atoms with Crippen LogP contribution in [0.5, 0.6) is 5.75 Å². The van der Waals surface area contributed by atoms with Gasteiger partial charge in [0.1, 0.15) is 11.5 Å². The number of anilines is 1. The Balaban J connectivity index is 1.94. The van der Waals surface area contributed by atoms with Crippen LogP contribution in [-0.4, -0.2) is 43.8 Å². The molecule has 0 aliphatic heterocycles. The van der Waals surface area contributed by atoms with Crippen molar-refractivity contribution in [3.05, 3.63) is 41.7 Å². The molecule has 0 aliphatic carbocycles. The van der Waals surface area contributed by atoms with Crippen LogP contribution >= 0.6 is 0 Å². The summed E-state index contributed by atoms with van der Waals surface area (Å²) < 4.78 is 10.1. The lowest BCUT2D eigenvalue weighted by Gasteiger charge is -2.25. The molecule has 0 saturated heterocycles. The number of aryl methyl sites for hydroxylation is 1. The molecule has 1 atom stereocenters. The molecule has 23 heavy (non-hydrogen) atoms. The van der Waals surface area contributed by atoms with E-state index in [0.717, 1.165) is 11.3 Å². The maximum atomic E-state index is 11.9. The summed E-state index contributed by atoms with van der Waals surface area (Å²) in [6.07, 6.45) is 0. The highest BCUT2D eigenvalue weighted by Crippen LogP contribution is 2.20. The first-order valence-electron chi connectivity index (χ1n) is 7.28. The van der Waals surface area contributed by atoms with Gasteiger partial charge in [0.05, 0.1) is 13.2 Å². The zero-order valence-corrected chi connectivity index (χ0v) is 13.8. The lowest BCUT2D eigenvalue weighted by atomic mass is 10.1. The predicted octanol–water partition coefficient (Wildman–Crippen LogP) is 2.42. The minimum Gasteiger partial charge on any atom is -0.497 e. The quantitative estimate of drug-likeness (QED) is 0.855. The minimum absolute atomic E-state index is 0.0469. The van der Waals surface area contributed by atoms with Gasteiger partial charge in [-0.3, -0.25) is 5.32 Å². The van der Waals surface area contributed by atoms with E-state index in [2.05, 4.69) is 15.8 Å². The number of nitrogens with one attached hydrogen (secondary N) is 2. The lowest BCUT2D eigenvalue weighted by molar-refractivity contribution is 0.243. The highest BCUT2D eigenvalue weighted by Gasteiger charge is 2.16. The number of nitrogens with zero attached hydrogens (tertiary/aromatic N) is 2.